The number of aromatic nitrogens is 1. The van der Waals surface area contributed by atoms with Gasteiger partial charge >= 0.3 is 0 Å². The molecule has 8 heteroatoms. The molecule has 0 amide bonds. The molecular weight excluding hydrogens is 475 g/mol. The first-order valence-corrected chi connectivity index (χ1v) is 10.5. The molecule has 0 atom stereocenters. The number of hydrogen-bond acceptors (Lipinski definition) is 3. The second-order valence-electron chi connectivity index (χ2n) is 6.19. The SMILES string of the molecule is CCNC(=NCCCS(=O)(=O)c1ccccc1)N(C)Cc1cccn1C.I. The van der Waals surface area contributed by atoms with E-state index in [-0.39, 0.29) is 29.7 Å². The van der Waals surface area contributed by atoms with Gasteiger partial charge in [-0.05, 0) is 37.6 Å². The Bertz CT molecular complexity index is 819. The van der Waals surface area contributed by atoms with Crippen molar-refractivity contribution in [1.29, 1.82) is 0 Å². The highest BCUT2D eigenvalue weighted by atomic mass is 127. The van der Waals surface area contributed by atoms with E-state index in [1.165, 1.54) is 5.69 Å². The molecule has 0 aliphatic rings. The van der Waals surface area contributed by atoms with E-state index in [1.54, 1.807) is 24.3 Å². The van der Waals surface area contributed by atoms with Crippen LogP contribution in [0.5, 0.6) is 0 Å². The van der Waals surface area contributed by atoms with E-state index in [0.717, 1.165) is 19.0 Å². The minimum absolute atomic E-state index is 0. The van der Waals surface area contributed by atoms with Crippen LogP contribution < -0.4 is 5.32 Å². The topological polar surface area (TPSA) is 66.7 Å². The van der Waals surface area contributed by atoms with Crippen LogP contribution in [0.2, 0.25) is 0 Å². The van der Waals surface area contributed by atoms with Crippen molar-refractivity contribution < 1.29 is 8.42 Å². The fraction of sp³-hybridized carbons (Fsp3) is 0.421. The van der Waals surface area contributed by atoms with E-state index in [4.69, 9.17) is 0 Å². The third kappa shape index (κ3) is 7.17. The average Bonchev–Trinajstić information content (AvgIpc) is 3.03. The van der Waals surface area contributed by atoms with Crippen LogP contribution in [0.1, 0.15) is 19.0 Å². The van der Waals surface area contributed by atoms with Crippen LogP contribution in [0.15, 0.2) is 58.5 Å². The molecule has 0 aliphatic carbocycles. The van der Waals surface area contributed by atoms with E-state index in [2.05, 4.69) is 20.9 Å². The lowest BCUT2D eigenvalue weighted by atomic mass is 10.4. The van der Waals surface area contributed by atoms with Gasteiger partial charge in [-0.1, -0.05) is 18.2 Å². The molecule has 1 heterocycles. The molecule has 0 aliphatic heterocycles. The summed E-state index contributed by atoms with van der Waals surface area (Å²) in [6.45, 7) is 3.98. The zero-order valence-electron chi connectivity index (χ0n) is 16.1. The fourth-order valence-electron chi connectivity index (χ4n) is 2.63. The summed E-state index contributed by atoms with van der Waals surface area (Å²) in [7, 11) is 0.753. The summed E-state index contributed by atoms with van der Waals surface area (Å²) in [5.41, 5.74) is 1.18. The van der Waals surface area contributed by atoms with Gasteiger partial charge in [0.25, 0.3) is 0 Å². The molecule has 150 valence electrons. The molecule has 0 saturated carbocycles. The molecule has 2 rings (SSSR count). The molecule has 6 nitrogen and oxygen atoms in total. The smallest absolute Gasteiger partial charge is 0.194 e. The number of sulfone groups is 1. The number of nitrogens with one attached hydrogen (secondary N) is 1. The first kappa shape index (κ1) is 23.5. The Kier molecular flexibility index (Phi) is 9.86. The number of rotatable bonds is 8. The number of hydrogen-bond donors (Lipinski definition) is 1. The molecule has 1 aromatic carbocycles. The van der Waals surface area contributed by atoms with Gasteiger partial charge < -0.3 is 14.8 Å². The fourth-order valence-corrected chi connectivity index (χ4v) is 3.95. The molecule has 0 bridgehead atoms. The second kappa shape index (κ2) is 11.3. The Morgan fingerprint density at radius 3 is 2.48 bits per heavy atom. The Balaban J connectivity index is 0.00000364. The molecule has 0 saturated heterocycles. The van der Waals surface area contributed by atoms with Crippen LogP contribution >= 0.6 is 24.0 Å². The van der Waals surface area contributed by atoms with E-state index >= 15 is 0 Å². The minimum Gasteiger partial charge on any atom is -0.357 e. The maximum absolute atomic E-state index is 12.3. The van der Waals surface area contributed by atoms with Crippen LogP contribution in [0.3, 0.4) is 0 Å². The van der Waals surface area contributed by atoms with E-state index in [1.807, 2.05) is 44.2 Å². The highest BCUT2D eigenvalue weighted by molar-refractivity contribution is 14.0. The van der Waals surface area contributed by atoms with Gasteiger partial charge in [0.1, 0.15) is 0 Å². The molecular formula is C19H29IN4O2S. The number of aliphatic imine (C=N–C) groups is 1. The second-order valence-corrected chi connectivity index (χ2v) is 8.30. The third-order valence-corrected chi connectivity index (χ3v) is 5.90. The zero-order valence-corrected chi connectivity index (χ0v) is 19.3. The van der Waals surface area contributed by atoms with E-state index in [0.29, 0.717) is 17.9 Å². The standard InChI is InChI=1S/C19H28N4O2S.HI/c1-4-20-19(23(3)16-17-10-8-14-22(17)2)21-13-9-15-26(24,25)18-11-6-5-7-12-18;/h5-8,10-12,14H,4,9,13,15-16H2,1-3H3,(H,20,21);1H. The zero-order chi connectivity index (χ0) is 19.0. The quantitative estimate of drug-likeness (QED) is 0.260. The van der Waals surface area contributed by atoms with Gasteiger partial charge in [-0.25, -0.2) is 8.42 Å². The van der Waals surface area contributed by atoms with Crippen molar-refractivity contribution in [3.8, 4) is 0 Å². The highest BCUT2D eigenvalue weighted by Crippen LogP contribution is 2.11. The lowest BCUT2D eigenvalue weighted by Gasteiger charge is -2.22. The largest absolute Gasteiger partial charge is 0.357 e. The summed E-state index contributed by atoms with van der Waals surface area (Å²) < 4.78 is 26.7. The lowest BCUT2D eigenvalue weighted by molar-refractivity contribution is 0.462. The van der Waals surface area contributed by atoms with Crippen molar-refractivity contribution >= 4 is 39.8 Å². The predicted molar refractivity (Wildman–Crippen MR) is 121 cm³/mol. The van der Waals surface area contributed by atoms with Crippen molar-refractivity contribution in [3.05, 3.63) is 54.4 Å². The maximum Gasteiger partial charge on any atom is 0.194 e. The lowest BCUT2D eigenvalue weighted by Crippen LogP contribution is -2.39. The van der Waals surface area contributed by atoms with Gasteiger partial charge in [-0.3, -0.25) is 4.99 Å². The molecule has 2 aromatic rings. The Morgan fingerprint density at radius 1 is 1.19 bits per heavy atom. The highest BCUT2D eigenvalue weighted by Gasteiger charge is 2.13. The summed E-state index contributed by atoms with van der Waals surface area (Å²) >= 11 is 0. The molecule has 1 aromatic heterocycles. The summed E-state index contributed by atoms with van der Waals surface area (Å²) in [5.74, 6) is 0.882. The summed E-state index contributed by atoms with van der Waals surface area (Å²) in [4.78, 5) is 7.00. The monoisotopic (exact) mass is 504 g/mol. The Labute approximate surface area is 179 Å². The molecule has 0 fully saturated rings. The van der Waals surface area contributed by atoms with Crippen molar-refractivity contribution in [1.82, 2.24) is 14.8 Å². The van der Waals surface area contributed by atoms with E-state index < -0.39 is 9.84 Å². The summed E-state index contributed by atoms with van der Waals surface area (Å²) in [6, 6.07) is 12.7. The van der Waals surface area contributed by atoms with E-state index in [9.17, 15) is 8.42 Å². The number of aryl methyl sites for hydroxylation is 1. The number of halogens is 1. The van der Waals surface area contributed by atoms with Gasteiger partial charge in [0.05, 0.1) is 17.2 Å². The van der Waals surface area contributed by atoms with Crippen molar-refractivity contribution in [2.45, 2.75) is 24.8 Å². The normalized spacial score (nSPS) is 11.7. The molecule has 0 spiro atoms. The van der Waals surface area contributed by atoms with Crippen molar-refractivity contribution in [2.75, 3.05) is 25.9 Å². The maximum atomic E-state index is 12.3. The van der Waals surface area contributed by atoms with Gasteiger partial charge in [-0.2, -0.15) is 0 Å². The first-order chi connectivity index (χ1) is 12.4. The average molecular weight is 504 g/mol. The first-order valence-electron chi connectivity index (χ1n) is 8.81. The number of nitrogens with zero attached hydrogens (tertiary/aromatic N) is 3. The number of benzene rings is 1. The molecule has 0 radical (unpaired) electrons. The van der Waals surface area contributed by atoms with Crippen molar-refractivity contribution in [3.63, 3.8) is 0 Å². The van der Waals surface area contributed by atoms with Crippen LogP contribution in [0.4, 0.5) is 0 Å². The van der Waals surface area contributed by atoms with Gasteiger partial charge in [0.2, 0.25) is 0 Å². The Morgan fingerprint density at radius 2 is 1.89 bits per heavy atom. The number of guanidine groups is 1. The molecule has 27 heavy (non-hydrogen) atoms. The molecule has 1 N–H and O–H groups in total. The summed E-state index contributed by atoms with van der Waals surface area (Å²) in [5, 5.41) is 3.26. The van der Waals surface area contributed by atoms with Crippen molar-refractivity contribution in [2.24, 2.45) is 12.0 Å². The summed E-state index contributed by atoms with van der Waals surface area (Å²) in [6.07, 6.45) is 2.51. The Hall–Kier alpha value is -1.55. The van der Waals surface area contributed by atoms with Gasteiger partial charge in [-0.15, -0.1) is 24.0 Å². The van der Waals surface area contributed by atoms with Crippen LogP contribution in [0.25, 0.3) is 0 Å². The third-order valence-electron chi connectivity index (χ3n) is 4.08. The minimum atomic E-state index is -3.24. The van der Waals surface area contributed by atoms with Gasteiger partial charge in [0.15, 0.2) is 15.8 Å². The van der Waals surface area contributed by atoms with Crippen LogP contribution in [-0.4, -0.2) is 49.7 Å². The van der Waals surface area contributed by atoms with Crippen LogP contribution in [0, 0.1) is 0 Å². The molecule has 0 unspecified atom stereocenters. The van der Waals surface area contributed by atoms with Crippen LogP contribution in [-0.2, 0) is 23.4 Å². The predicted octanol–water partition coefficient (Wildman–Crippen LogP) is 2.90. The van der Waals surface area contributed by atoms with Gasteiger partial charge in [0, 0.05) is 39.1 Å².